The first-order valence-electron chi connectivity index (χ1n) is 5.51. The Morgan fingerprint density at radius 1 is 1.43 bits per heavy atom. The summed E-state index contributed by atoms with van der Waals surface area (Å²) in [5.41, 5.74) is 0.287. The van der Waals surface area contributed by atoms with E-state index in [1.54, 1.807) is 0 Å². The smallest absolute Gasteiger partial charge is 0.285 e. The van der Waals surface area contributed by atoms with Crippen LogP contribution in [-0.4, -0.2) is 25.2 Å². The van der Waals surface area contributed by atoms with Crippen LogP contribution in [0.25, 0.3) is 0 Å². The number of rotatable bonds is 2. The van der Waals surface area contributed by atoms with Gasteiger partial charge in [-0.2, -0.15) is 0 Å². The van der Waals surface area contributed by atoms with Gasteiger partial charge in [0.15, 0.2) is 0 Å². The Morgan fingerprint density at radius 2 is 2.14 bits per heavy atom. The Bertz CT molecular complexity index is 238. The second kappa shape index (κ2) is 3.44. The highest BCUT2D eigenvalue weighted by molar-refractivity contribution is 5.75. The normalized spacial score (nSPS) is 24.1. The topological polar surface area (TPSA) is 33.6 Å². The van der Waals surface area contributed by atoms with Crippen molar-refractivity contribution in [1.82, 2.24) is 5.32 Å². The molecule has 1 aliphatic heterocycles. The predicted molar refractivity (Wildman–Crippen MR) is 57.4 cm³/mol. The van der Waals surface area contributed by atoms with Gasteiger partial charge in [-0.15, -0.1) is 0 Å². The van der Waals surface area contributed by atoms with Gasteiger partial charge in [0.1, 0.15) is 6.61 Å². The van der Waals surface area contributed by atoms with Crippen molar-refractivity contribution in [2.45, 2.75) is 39.7 Å². The lowest BCUT2D eigenvalue weighted by atomic mass is 9.84. The van der Waals surface area contributed by atoms with E-state index in [1.165, 1.54) is 12.8 Å². The van der Waals surface area contributed by atoms with Crippen LogP contribution in [0.3, 0.4) is 0 Å². The van der Waals surface area contributed by atoms with Crippen LogP contribution in [0, 0.1) is 11.3 Å². The van der Waals surface area contributed by atoms with Crippen molar-refractivity contribution in [1.29, 1.82) is 0 Å². The fraction of sp³-hybridized carbons (Fsp3) is 0.909. The summed E-state index contributed by atoms with van der Waals surface area (Å²) < 4.78 is 5.40. The molecule has 1 atom stereocenters. The van der Waals surface area contributed by atoms with Gasteiger partial charge in [0.25, 0.3) is 6.02 Å². The summed E-state index contributed by atoms with van der Waals surface area (Å²) in [6.45, 7) is 8.38. The minimum atomic E-state index is 0.287. The monoisotopic (exact) mass is 196 g/mol. The van der Waals surface area contributed by atoms with Gasteiger partial charge >= 0.3 is 0 Å². The number of amidine groups is 1. The third kappa shape index (κ3) is 2.20. The molecule has 1 heterocycles. The number of hydrogen-bond donors (Lipinski definition) is 1. The first kappa shape index (κ1) is 9.81. The molecule has 0 aromatic heterocycles. The number of ether oxygens (including phenoxy) is 1. The maximum atomic E-state index is 5.40. The molecule has 2 aliphatic rings. The van der Waals surface area contributed by atoms with Gasteiger partial charge in [0.2, 0.25) is 0 Å². The van der Waals surface area contributed by atoms with Crippen molar-refractivity contribution >= 4 is 6.02 Å². The first-order chi connectivity index (χ1) is 6.57. The average molecular weight is 196 g/mol. The zero-order valence-electron chi connectivity index (χ0n) is 9.34. The van der Waals surface area contributed by atoms with E-state index in [2.05, 4.69) is 31.1 Å². The molecule has 3 heteroatoms. The quantitative estimate of drug-likeness (QED) is 0.730. The van der Waals surface area contributed by atoms with Crippen molar-refractivity contribution in [2.24, 2.45) is 16.3 Å². The molecule has 2 rings (SSSR count). The Labute approximate surface area is 85.9 Å². The SMILES string of the molecule is CC(C)(C)C(NC1=NCCO1)C1CC1. The lowest BCUT2D eigenvalue weighted by Gasteiger charge is -2.31. The Kier molecular flexibility index (Phi) is 2.41. The molecule has 0 amide bonds. The van der Waals surface area contributed by atoms with E-state index in [0.29, 0.717) is 6.04 Å². The number of nitrogens with one attached hydrogen (secondary N) is 1. The summed E-state index contributed by atoms with van der Waals surface area (Å²) >= 11 is 0. The van der Waals surface area contributed by atoms with Crippen LogP contribution in [0.4, 0.5) is 0 Å². The summed E-state index contributed by atoms with van der Waals surface area (Å²) in [4.78, 5) is 4.28. The minimum Gasteiger partial charge on any atom is -0.463 e. The van der Waals surface area contributed by atoms with E-state index < -0.39 is 0 Å². The average Bonchev–Trinajstić information content (AvgIpc) is 2.77. The summed E-state index contributed by atoms with van der Waals surface area (Å²) in [7, 11) is 0. The van der Waals surface area contributed by atoms with Crippen LogP contribution in [0.2, 0.25) is 0 Å². The second-order valence-corrected chi connectivity index (χ2v) is 5.36. The van der Waals surface area contributed by atoms with Crippen molar-refractivity contribution in [2.75, 3.05) is 13.2 Å². The first-order valence-corrected chi connectivity index (χ1v) is 5.51. The maximum Gasteiger partial charge on any atom is 0.285 e. The minimum absolute atomic E-state index is 0.287. The van der Waals surface area contributed by atoms with Gasteiger partial charge in [-0.25, -0.2) is 4.99 Å². The van der Waals surface area contributed by atoms with Crippen molar-refractivity contribution < 1.29 is 4.74 Å². The molecule has 0 saturated heterocycles. The summed E-state index contributed by atoms with van der Waals surface area (Å²) in [5, 5.41) is 3.45. The van der Waals surface area contributed by atoms with E-state index >= 15 is 0 Å². The fourth-order valence-corrected chi connectivity index (χ4v) is 2.03. The molecule has 0 aromatic carbocycles. The van der Waals surface area contributed by atoms with Crippen LogP contribution >= 0.6 is 0 Å². The van der Waals surface area contributed by atoms with Gasteiger partial charge in [-0.05, 0) is 24.2 Å². The van der Waals surface area contributed by atoms with E-state index in [-0.39, 0.29) is 5.41 Å². The maximum absolute atomic E-state index is 5.40. The molecular weight excluding hydrogens is 176 g/mol. The lowest BCUT2D eigenvalue weighted by molar-refractivity contribution is 0.244. The number of aliphatic imine (C=N–C) groups is 1. The van der Waals surface area contributed by atoms with E-state index in [1.807, 2.05) is 0 Å². The van der Waals surface area contributed by atoms with Gasteiger partial charge in [0.05, 0.1) is 6.54 Å². The zero-order chi connectivity index (χ0) is 10.2. The summed E-state index contributed by atoms with van der Waals surface area (Å²) in [6, 6.07) is 1.27. The molecule has 0 aromatic rings. The van der Waals surface area contributed by atoms with Gasteiger partial charge in [0, 0.05) is 6.04 Å². The third-order valence-corrected chi connectivity index (χ3v) is 2.89. The summed E-state index contributed by atoms with van der Waals surface area (Å²) in [5.74, 6) is 0.821. The highest BCUT2D eigenvalue weighted by Gasteiger charge is 2.39. The van der Waals surface area contributed by atoms with E-state index in [9.17, 15) is 0 Å². The summed E-state index contributed by atoms with van der Waals surface area (Å²) in [6.07, 6.45) is 2.70. The molecule has 1 aliphatic carbocycles. The lowest BCUT2D eigenvalue weighted by Crippen LogP contribution is -2.45. The Balaban J connectivity index is 1.97. The molecule has 14 heavy (non-hydrogen) atoms. The van der Waals surface area contributed by atoms with Gasteiger partial charge in [-0.3, -0.25) is 0 Å². The van der Waals surface area contributed by atoms with Gasteiger partial charge in [-0.1, -0.05) is 20.8 Å². The molecule has 80 valence electrons. The third-order valence-electron chi connectivity index (χ3n) is 2.89. The van der Waals surface area contributed by atoms with Crippen molar-refractivity contribution in [3.05, 3.63) is 0 Å². The second-order valence-electron chi connectivity index (χ2n) is 5.36. The number of nitrogens with zero attached hydrogens (tertiary/aromatic N) is 1. The number of hydrogen-bond acceptors (Lipinski definition) is 3. The predicted octanol–water partition coefficient (Wildman–Crippen LogP) is 1.79. The van der Waals surface area contributed by atoms with Crippen LogP contribution in [0.15, 0.2) is 4.99 Å². The Hall–Kier alpha value is -0.730. The fourth-order valence-electron chi connectivity index (χ4n) is 2.03. The molecule has 0 spiro atoms. The standard InChI is InChI=1S/C11H20N2O/c1-11(2,3)9(8-4-5-8)13-10-12-6-7-14-10/h8-9H,4-7H2,1-3H3,(H,12,13). The molecule has 1 saturated carbocycles. The Morgan fingerprint density at radius 3 is 2.57 bits per heavy atom. The molecule has 3 nitrogen and oxygen atoms in total. The molecule has 0 radical (unpaired) electrons. The van der Waals surface area contributed by atoms with Crippen LogP contribution in [0.1, 0.15) is 33.6 Å². The highest BCUT2D eigenvalue weighted by Crippen LogP contribution is 2.40. The molecule has 1 fully saturated rings. The van der Waals surface area contributed by atoms with Crippen molar-refractivity contribution in [3.63, 3.8) is 0 Å². The van der Waals surface area contributed by atoms with E-state index in [0.717, 1.165) is 25.1 Å². The zero-order valence-corrected chi connectivity index (χ0v) is 9.34. The van der Waals surface area contributed by atoms with Crippen LogP contribution in [0.5, 0.6) is 0 Å². The molecule has 1 unspecified atom stereocenters. The van der Waals surface area contributed by atoms with Gasteiger partial charge < -0.3 is 10.1 Å². The molecular formula is C11H20N2O. The highest BCUT2D eigenvalue weighted by atomic mass is 16.5. The van der Waals surface area contributed by atoms with E-state index in [4.69, 9.17) is 4.74 Å². The molecule has 1 N–H and O–H groups in total. The molecule has 0 bridgehead atoms. The van der Waals surface area contributed by atoms with Crippen molar-refractivity contribution in [3.8, 4) is 0 Å². The van der Waals surface area contributed by atoms with Crippen LogP contribution < -0.4 is 5.32 Å². The largest absolute Gasteiger partial charge is 0.463 e. The van der Waals surface area contributed by atoms with Crippen LogP contribution in [-0.2, 0) is 4.74 Å².